The van der Waals surface area contributed by atoms with Crippen LogP contribution in [0, 0.1) is 0 Å². The molecular weight excluding hydrogens is 214 g/mol. The first-order valence-corrected chi connectivity index (χ1v) is 5.50. The molecule has 1 unspecified atom stereocenters. The van der Waals surface area contributed by atoms with Crippen LogP contribution in [0.25, 0.3) is 0 Å². The zero-order valence-corrected chi connectivity index (χ0v) is 9.92. The highest BCUT2D eigenvalue weighted by Gasteiger charge is 2.13. The van der Waals surface area contributed by atoms with Gasteiger partial charge in [0.2, 0.25) is 0 Å². The number of carbonyl (C=O) groups excluding carboxylic acids is 1. The number of nitrogens with one attached hydrogen (secondary N) is 1. The predicted molar refractivity (Wildman–Crippen MR) is 65.5 cm³/mol. The van der Waals surface area contributed by atoms with Crippen molar-refractivity contribution >= 4 is 5.91 Å². The molecule has 4 heteroatoms. The van der Waals surface area contributed by atoms with Gasteiger partial charge in [-0.2, -0.15) is 0 Å². The van der Waals surface area contributed by atoms with Crippen molar-refractivity contribution in [3.63, 3.8) is 0 Å². The molecule has 0 aromatic carbocycles. The first kappa shape index (κ1) is 11.4. The Kier molecular flexibility index (Phi) is 3.23. The fraction of sp³-hybridized carbons (Fsp3) is 0.231. The lowest BCUT2D eigenvalue weighted by molar-refractivity contribution is 0.0931. The van der Waals surface area contributed by atoms with Crippen molar-refractivity contribution in [1.29, 1.82) is 0 Å². The van der Waals surface area contributed by atoms with Gasteiger partial charge in [-0.15, -0.1) is 0 Å². The van der Waals surface area contributed by atoms with Gasteiger partial charge >= 0.3 is 0 Å². The molecule has 0 bridgehead atoms. The third-order valence-corrected chi connectivity index (χ3v) is 2.71. The summed E-state index contributed by atoms with van der Waals surface area (Å²) < 4.78 is 1.80. The molecule has 0 spiro atoms. The van der Waals surface area contributed by atoms with Gasteiger partial charge in [-0.25, -0.2) is 0 Å². The normalized spacial score (nSPS) is 12.1. The van der Waals surface area contributed by atoms with E-state index in [2.05, 4.69) is 10.3 Å². The van der Waals surface area contributed by atoms with Crippen LogP contribution in [0.5, 0.6) is 0 Å². The quantitative estimate of drug-likeness (QED) is 0.874. The summed E-state index contributed by atoms with van der Waals surface area (Å²) in [7, 11) is 1.85. The number of nitrogens with zero attached hydrogens (tertiary/aromatic N) is 2. The van der Waals surface area contributed by atoms with E-state index in [-0.39, 0.29) is 11.9 Å². The van der Waals surface area contributed by atoms with Gasteiger partial charge in [0.25, 0.3) is 5.91 Å². The molecule has 1 amide bonds. The van der Waals surface area contributed by atoms with E-state index in [4.69, 9.17) is 0 Å². The second kappa shape index (κ2) is 4.82. The first-order valence-electron chi connectivity index (χ1n) is 5.50. The van der Waals surface area contributed by atoms with E-state index in [1.807, 2.05) is 38.4 Å². The van der Waals surface area contributed by atoms with E-state index in [1.165, 1.54) is 0 Å². The fourth-order valence-electron chi connectivity index (χ4n) is 1.68. The lowest BCUT2D eigenvalue weighted by Crippen LogP contribution is -2.28. The van der Waals surface area contributed by atoms with E-state index in [9.17, 15) is 4.79 Å². The minimum absolute atomic E-state index is 0.0499. The maximum Gasteiger partial charge on any atom is 0.268 e. The molecule has 1 N–H and O–H groups in total. The van der Waals surface area contributed by atoms with E-state index < -0.39 is 0 Å². The lowest BCUT2D eigenvalue weighted by atomic mass is 10.1. The molecule has 0 aliphatic carbocycles. The Hall–Kier alpha value is -2.10. The third kappa shape index (κ3) is 2.53. The molecule has 0 aliphatic rings. The molecule has 88 valence electrons. The highest BCUT2D eigenvalue weighted by Crippen LogP contribution is 2.11. The largest absolute Gasteiger partial charge is 0.347 e. The number of aromatic nitrogens is 2. The second-order valence-electron chi connectivity index (χ2n) is 3.99. The zero-order chi connectivity index (χ0) is 12.3. The van der Waals surface area contributed by atoms with Crippen LogP contribution in [-0.4, -0.2) is 15.5 Å². The number of hydrogen-bond donors (Lipinski definition) is 1. The Morgan fingerprint density at radius 3 is 2.82 bits per heavy atom. The molecule has 0 saturated heterocycles. The molecule has 0 aliphatic heterocycles. The number of hydrogen-bond acceptors (Lipinski definition) is 2. The smallest absolute Gasteiger partial charge is 0.268 e. The van der Waals surface area contributed by atoms with Crippen molar-refractivity contribution < 1.29 is 4.79 Å². The molecule has 17 heavy (non-hydrogen) atoms. The van der Waals surface area contributed by atoms with Crippen LogP contribution in [0.1, 0.15) is 29.0 Å². The van der Waals surface area contributed by atoms with E-state index in [0.29, 0.717) is 5.69 Å². The van der Waals surface area contributed by atoms with Crippen LogP contribution < -0.4 is 5.32 Å². The summed E-state index contributed by atoms with van der Waals surface area (Å²) in [6.45, 7) is 1.94. The summed E-state index contributed by atoms with van der Waals surface area (Å²) in [5.74, 6) is -0.0751. The number of pyridine rings is 1. The Morgan fingerprint density at radius 2 is 2.24 bits per heavy atom. The Balaban J connectivity index is 2.08. The maximum absolute atomic E-state index is 12.0. The number of rotatable bonds is 3. The van der Waals surface area contributed by atoms with Crippen molar-refractivity contribution in [2.24, 2.45) is 7.05 Å². The number of aryl methyl sites for hydroxylation is 1. The molecule has 4 nitrogen and oxygen atoms in total. The molecule has 2 rings (SSSR count). The molecular formula is C13H15N3O. The fourth-order valence-corrected chi connectivity index (χ4v) is 1.68. The summed E-state index contributed by atoms with van der Waals surface area (Å²) in [4.78, 5) is 16.0. The van der Waals surface area contributed by atoms with Crippen LogP contribution in [0.3, 0.4) is 0 Å². The molecule has 1 atom stereocenters. The van der Waals surface area contributed by atoms with Crippen molar-refractivity contribution in [2.75, 3.05) is 0 Å². The molecule has 0 radical (unpaired) electrons. The topological polar surface area (TPSA) is 46.9 Å². The maximum atomic E-state index is 12.0. The van der Waals surface area contributed by atoms with Gasteiger partial charge in [0.1, 0.15) is 5.69 Å². The van der Waals surface area contributed by atoms with Gasteiger partial charge in [0.05, 0.1) is 6.04 Å². The first-order chi connectivity index (χ1) is 8.18. The van der Waals surface area contributed by atoms with Crippen molar-refractivity contribution in [3.05, 3.63) is 54.1 Å². The minimum atomic E-state index is -0.0751. The SMILES string of the molecule is CC(NC(=O)c1cccn1C)c1cccnc1. The van der Waals surface area contributed by atoms with Crippen molar-refractivity contribution in [3.8, 4) is 0 Å². The lowest BCUT2D eigenvalue weighted by Gasteiger charge is -2.14. The number of amides is 1. The van der Waals surface area contributed by atoms with Gasteiger partial charge in [-0.3, -0.25) is 9.78 Å². The van der Waals surface area contributed by atoms with Crippen LogP contribution in [-0.2, 0) is 7.05 Å². The average molecular weight is 229 g/mol. The summed E-state index contributed by atoms with van der Waals surface area (Å²) >= 11 is 0. The monoisotopic (exact) mass is 229 g/mol. The molecule has 0 saturated carbocycles. The minimum Gasteiger partial charge on any atom is -0.347 e. The third-order valence-electron chi connectivity index (χ3n) is 2.71. The molecule has 2 aromatic heterocycles. The standard InChI is InChI=1S/C13H15N3O/c1-10(11-5-3-7-14-9-11)15-13(17)12-6-4-8-16(12)2/h3-10H,1-2H3,(H,15,17). The second-order valence-corrected chi connectivity index (χ2v) is 3.99. The highest BCUT2D eigenvalue weighted by atomic mass is 16.2. The molecule has 2 heterocycles. The Morgan fingerprint density at radius 1 is 1.41 bits per heavy atom. The summed E-state index contributed by atoms with van der Waals surface area (Å²) in [6.07, 6.45) is 5.33. The van der Waals surface area contributed by atoms with Gasteiger partial charge < -0.3 is 9.88 Å². The van der Waals surface area contributed by atoms with Gasteiger partial charge in [0.15, 0.2) is 0 Å². The van der Waals surface area contributed by atoms with E-state index >= 15 is 0 Å². The van der Waals surface area contributed by atoms with Crippen molar-refractivity contribution in [1.82, 2.24) is 14.9 Å². The van der Waals surface area contributed by atoms with Gasteiger partial charge in [-0.1, -0.05) is 6.07 Å². The summed E-state index contributed by atoms with van der Waals surface area (Å²) in [6, 6.07) is 7.41. The Labute approximate surface area is 100 Å². The number of carbonyl (C=O) groups is 1. The van der Waals surface area contributed by atoms with Crippen LogP contribution >= 0.6 is 0 Å². The highest BCUT2D eigenvalue weighted by molar-refractivity contribution is 5.92. The van der Waals surface area contributed by atoms with Gasteiger partial charge in [0, 0.05) is 25.6 Å². The van der Waals surface area contributed by atoms with Crippen molar-refractivity contribution in [2.45, 2.75) is 13.0 Å². The molecule has 0 fully saturated rings. The van der Waals surface area contributed by atoms with E-state index in [0.717, 1.165) is 5.56 Å². The van der Waals surface area contributed by atoms with E-state index in [1.54, 1.807) is 23.0 Å². The van der Waals surface area contributed by atoms with Gasteiger partial charge in [-0.05, 0) is 30.7 Å². The summed E-state index contributed by atoms with van der Waals surface area (Å²) in [5, 5.41) is 2.94. The Bertz CT molecular complexity index is 504. The summed E-state index contributed by atoms with van der Waals surface area (Å²) in [5.41, 5.74) is 1.65. The molecule has 2 aromatic rings. The van der Waals surface area contributed by atoms with Crippen LogP contribution in [0.4, 0.5) is 0 Å². The zero-order valence-electron chi connectivity index (χ0n) is 9.92. The average Bonchev–Trinajstić information content (AvgIpc) is 2.76. The van der Waals surface area contributed by atoms with Crippen LogP contribution in [0.15, 0.2) is 42.9 Å². The van der Waals surface area contributed by atoms with Crippen LogP contribution in [0.2, 0.25) is 0 Å². The predicted octanol–water partition coefficient (Wildman–Crippen LogP) is 1.91.